The minimum atomic E-state index is 0.901. The zero-order chi connectivity index (χ0) is 16.2. The Hall–Kier alpha value is -1.06. The van der Waals surface area contributed by atoms with E-state index < -0.39 is 0 Å². The molecule has 0 amide bonds. The number of nitrogens with zero attached hydrogens (tertiary/aromatic N) is 2. The number of para-hydroxylation sites is 1. The fourth-order valence-electron chi connectivity index (χ4n) is 2.67. The van der Waals surface area contributed by atoms with E-state index in [-0.39, 0.29) is 0 Å². The van der Waals surface area contributed by atoms with Gasteiger partial charge in [-0.25, -0.2) is 0 Å². The van der Waals surface area contributed by atoms with Crippen LogP contribution in [0.15, 0.2) is 30.3 Å². The van der Waals surface area contributed by atoms with Gasteiger partial charge in [-0.1, -0.05) is 52.3 Å². The first-order valence-corrected chi connectivity index (χ1v) is 9.06. The number of piperazine rings is 1. The maximum Gasteiger partial charge on any atom is 0.0367 e. The van der Waals surface area contributed by atoms with Gasteiger partial charge in [0.25, 0.3) is 0 Å². The Bertz CT molecular complexity index is 354. The number of nitrogens with one attached hydrogen (secondary N) is 1. The molecule has 2 heterocycles. The number of hydrogen-bond donors (Lipinski definition) is 1. The molecule has 1 aromatic rings. The SMILES string of the molecule is CC.CCC.c1ccc(N2CCN(CC3CNC3)CC2)cc1. The van der Waals surface area contributed by atoms with Gasteiger partial charge in [-0.15, -0.1) is 0 Å². The summed E-state index contributed by atoms with van der Waals surface area (Å²) in [6.45, 7) is 16.7. The van der Waals surface area contributed by atoms with E-state index in [1.807, 2.05) is 13.8 Å². The van der Waals surface area contributed by atoms with Crippen molar-refractivity contribution in [2.45, 2.75) is 34.1 Å². The molecule has 2 aliphatic heterocycles. The zero-order valence-electron chi connectivity index (χ0n) is 15.0. The minimum absolute atomic E-state index is 0.901. The molecule has 2 aliphatic rings. The van der Waals surface area contributed by atoms with Gasteiger partial charge in [-0.2, -0.15) is 0 Å². The monoisotopic (exact) mass is 305 g/mol. The van der Waals surface area contributed by atoms with Gasteiger partial charge in [0.2, 0.25) is 0 Å². The van der Waals surface area contributed by atoms with Crippen LogP contribution in [0.4, 0.5) is 5.69 Å². The average Bonchev–Trinajstić information content (AvgIpc) is 2.55. The molecule has 0 atom stereocenters. The first-order chi connectivity index (χ1) is 10.8. The highest BCUT2D eigenvalue weighted by Crippen LogP contribution is 2.16. The van der Waals surface area contributed by atoms with Crippen molar-refractivity contribution in [1.82, 2.24) is 10.2 Å². The maximum atomic E-state index is 3.35. The summed E-state index contributed by atoms with van der Waals surface area (Å²) in [6, 6.07) is 10.8. The molecule has 3 nitrogen and oxygen atoms in total. The molecule has 0 radical (unpaired) electrons. The third-order valence-corrected chi connectivity index (χ3v) is 3.88. The quantitative estimate of drug-likeness (QED) is 0.922. The number of anilines is 1. The lowest BCUT2D eigenvalue weighted by molar-refractivity contribution is 0.184. The predicted molar refractivity (Wildman–Crippen MR) is 98.8 cm³/mol. The van der Waals surface area contributed by atoms with E-state index in [1.54, 1.807) is 0 Å². The molecule has 1 aromatic carbocycles. The second-order valence-electron chi connectivity index (χ2n) is 5.85. The molecule has 2 saturated heterocycles. The Morgan fingerprint density at radius 1 is 0.955 bits per heavy atom. The molecular weight excluding hydrogens is 270 g/mol. The van der Waals surface area contributed by atoms with Gasteiger partial charge in [0, 0.05) is 51.5 Å². The third-order valence-electron chi connectivity index (χ3n) is 3.88. The fourth-order valence-corrected chi connectivity index (χ4v) is 2.67. The lowest BCUT2D eigenvalue weighted by atomic mass is 10.0. The van der Waals surface area contributed by atoms with Crippen molar-refractivity contribution in [1.29, 1.82) is 0 Å². The lowest BCUT2D eigenvalue weighted by Gasteiger charge is -2.39. The van der Waals surface area contributed by atoms with E-state index in [9.17, 15) is 0 Å². The predicted octanol–water partition coefficient (Wildman–Crippen LogP) is 3.47. The van der Waals surface area contributed by atoms with Gasteiger partial charge in [-0.3, -0.25) is 4.90 Å². The van der Waals surface area contributed by atoms with Crippen LogP contribution < -0.4 is 10.2 Å². The molecule has 3 heteroatoms. The highest BCUT2D eigenvalue weighted by molar-refractivity contribution is 5.46. The molecule has 0 aromatic heterocycles. The Morgan fingerprint density at radius 2 is 1.50 bits per heavy atom. The van der Waals surface area contributed by atoms with Crippen LogP contribution >= 0.6 is 0 Å². The van der Waals surface area contributed by atoms with Gasteiger partial charge in [-0.05, 0) is 18.1 Å². The number of hydrogen-bond acceptors (Lipinski definition) is 3. The highest BCUT2D eigenvalue weighted by Gasteiger charge is 2.23. The van der Waals surface area contributed by atoms with Crippen molar-refractivity contribution >= 4 is 5.69 Å². The Labute approximate surface area is 137 Å². The van der Waals surface area contributed by atoms with Crippen LogP contribution in [0, 0.1) is 5.92 Å². The summed E-state index contributed by atoms with van der Waals surface area (Å²) in [7, 11) is 0. The van der Waals surface area contributed by atoms with Gasteiger partial charge >= 0.3 is 0 Å². The Morgan fingerprint density at radius 3 is 1.95 bits per heavy atom. The van der Waals surface area contributed by atoms with Crippen molar-refractivity contribution in [2.24, 2.45) is 5.92 Å². The summed E-state index contributed by atoms with van der Waals surface area (Å²) >= 11 is 0. The highest BCUT2D eigenvalue weighted by atomic mass is 15.3. The Kier molecular flexibility index (Phi) is 9.93. The molecule has 0 unspecified atom stereocenters. The molecule has 1 N–H and O–H groups in total. The summed E-state index contributed by atoms with van der Waals surface area (Å²) in [5, 5.41) is 3.35. The van der Waals surface area contributed by atoms with Crippen LogP contribution in [-0.4, -0.2) is 50.7 Å². The van der Waals surface area contributed by atoms with Crippen molar-refractivity contribution in [3.05, 3.63) is 30.3 Å². The first kappa shape index (κ1) is 19.0. The second kappa shape index (κ2) is 11.5. The fraction of sp³-hybridized carbons (Fsp3) is 0.684. The molecule has 0 bridgehead atoms. The summed E-state index contributed by atoms with van der Waals surface area (Å²) in [5.41, 5.74) is 1.37. The molecular formula is C19H35N3. The number of benzene rings is 1. The molecule has 2 fully saturated rings. The normalized spacial score (nSPS) is 18.5. The molecule has 3 rings (SSSR count). The summed E-state index contributed by atoms with van der Waals surface area (Å²) in [4.78, 5) is 5.11. The molecule has 0 aliphatic carbocycles. The second-order valence-corrected chi connectivity index (χ2v) is 5.85. The van der Waals surface area contributed by atoms with E-state index in [1.165, 1.54) is 57.9 Å². The van der Waals surface area contributed by atoms with Crippen molar-refractivity contribution < 1.29 is 0 Å². The van der Waals surface area contributed by atoms with Crippen LogP contribution in [0.5, 0.6) is 0 Å². The Balaban J connectivity index is 0.000000435. The van der Waals surface area contributed by atoms with Crippen LogP contribution in [0.25, 0.3) is 0 Å². The van der Waals surface area contributed by atoms with Crippen molar-refractivity contribution in [3.63, 3.8) is 0 Å². The minimum Gasteiger partial charge on any atom is -0.369 e. The topological polar surface area (TPSA) is 18.5 Å². The molecule has 22 heavy (non-hydrogen) atoms. The molecule has 0 saturated carbocycles. The van der Waals surface area contributed by atoms with Gasteiger partial charge in [0.05, 0.1) is 0 Å². The largest absolute Gasteiger partial charge is 0.369 e. The van der Waals surface area contributed by atoms with E-state index in [4.69, 9.17) is 0 Å². The summed E-state index contributed by atoms with van der Waals surface area (Å²) < 4.78 is 0. The van der Waals surface area contributed by atoms with Gasteiger partial charge in [0.15, 0.2) is 0 Å². The van der Waals surface area contributed by atoms with E-state index in [0.717, 1.165) is 5.92 Å². The maximum absolute atomic E-state index is 3.35. The molecule has 126 valence electrons. The smallest absolute Gasteiger partial charge is 0.0367 e. The van der Waals surface area contributed by atoms with E-state index in [2.05, 4.69) is 59.3 Å². The van der Waals surface area contributed by atoms with Gasteiger partial charge < -0.3 is 10.2 Å². The van der Waals surface area contributed by atoms with E-state index >= 15 is 0 Å². The van der Waals surface area contributed by atoms with Crippen LogP contribution in [0.2, 0.25) is 0 Å². The first-order valence-electron chi connectivity index (χ1n) is 9.06. The standard InChI is InChI=1S/C14H21N3.C3H8.C2H6/c1-2-4-14(5-3-1)17-8-6-16(7-9-17)12-13-10-15-11-13;1-3-2;1-2/h1-5,13,15H,6-12H2;3H2,1-2H3;1-2H3. The van der Waals surface area contributed by atoms with Crippen LogP contribution in [0.1, 0.15) is 34.1 Å². The number of rotatable bonds is 3. The lowest BCUT2D eigenvalue weighted by Crippen LogP contribution is -2.53. The summed E-state index contributed by atoms with van der Waals surface area (Å²) in [6.07, 6.45) is 1.25. The van der Waals surface area contributed by atoms with Crippen LogP contribution in [0.3, 0.4) is 0 Å². The zero-order valence-corrected chi connectivity index (χ0v) is 15.0. The van der Waals surface area contributed by atoms with Crippen LogP contribution in [-0.2, 0) is 0 Å². The average molecular weight is 306 g/mol. The van der Waals surface area contributed by atoms with Crippen molar-refractivity contribution in [2.75, 3.05) is 50.7 Å². The van der Waals surface area contributed by atoms with Crippen molar-refractivity contribution in [3.8, 4) is 0 Å². The van der Waals surface area contributed by atoms with Gasteiger partial charge in [0.1, 0.15) is 0 Å². The summed E-state index contributed by atoms with van der Waals surface area (Å²) in [5.74, 6) is 0.901. The van der Waals surface area contributed by atoms with E-state index in [0.29, 0.717) is 0 Å². The third kappa shape index (κ3) is 6.37. The molecule has 0 spiro atoms.